The molecule has 0 radical (unpaired) electrons. The van der Waals surface area contributed by atoms with E-state index < -0.39 is 0 Å². The van der Waals surface area contributed by atoms with Crippen LogP contribution < -0.4 is 0 Å². The lowest BCUT2D eigenvalue weighted by atomic mass is 9.66. The average Bonchev–Trinajstić information content (AvgIpc) is 3.52. The van der Waals surface area contributed by atoms with E-state index in [1.807, 2.05) is 67.6 Å². The molecule has 1 heterocycles. The van der Waals surface area contributed by atoms with Crippen molar-refractivity contribution in [1.29, 1.82) is 0 Å². The van der Waals surface area contributed by atoms with Crippen molar-refractivity contribution in [1.82, 2.24) is 15.0 Å². The Bertz CT molecular complexity index is 2380. The first-order valence-electron chi connectivity index (χ1n) is 17.8. The lowest BCUT2D eigenvalue weighted by Gasteiger charge is -2.35. The minimum atomic E-state index is -0.350. The molecule has 7 aromatic carbocycles. The molecule has 0 amide bonds. The van der Waals surface area contributed by atoms with Gasteiger partial charge in [0, 0.05) is 11.1 Å². The van der Waals surface area contributed by atoms with Crippen molar-refractivity contribution in [2.45, 2.75) is 26.2 Å². The van der Waals surface area contributed by atoms with E-state index in [0.717, 1.165) is 17.0 Å². The number of rotatable bonds is 5. The third-order valence-electron chi connectivity index (χ3n) is 10.1. The summed E-state index contributed by atoms with van der Waals surface area (Å²) < 4.78 is 0. The van der Waals surface area contributed by atoms with Gasteiger partial charge in [0.2, 0.25) is 0 Å². The molecule has 3 nitrogen and oxygen atoms in total. The van der Waals surface area contributed by atoms with E-state index in [1.165, 1.54) is 55.6 Å². The van der Waals surface area contributed by atoms with Gasteiger partial charge in [0.25, 0.3) is 0 Å². The van der Waals surface area contributed by atoms with Crippen molar-refractivity contribution >= 4 is 0 Å². The smallest absolute Gasteiger partial charge is 0.163 e. The van der Waals surface area contributed by atoms with Gasteiger partial charge in [-0.05, 0) is 76.4 Å². The molecule has 0 spiro atoms. The van der Waals surface area contributed by atoms with Crippen LogP contribution in [0, 0.1) is 20.8 Å². The van der Waals surface area contributed by atoms with Gasteiger partial charge < -0.3 is 0 Å². The van der Waals surface area contributed by atoms with Gasteiger partial charge in [-0.2, -0.15) is 0 Å². The molecule has 0 fully saturated rings. The third-order valence-corrected chi connectivity index (χ3v) is 10.1. The summed E-state index contributed by atoms with van der Waals surface area (Å²) in [6.45, 7) is 6.41. The number of fused-ring (bicyclic) bond motifs is 3. The Morgan fingerprint density at radius 1 is 0.365 bits per heavy atom. The molecule has 9 rings (SSSR count). The maximum atomic E-state index is 4.55. The second-order valence-corrected chi connectivity index (χ2v) is 13.3. The molecule has 0 bridgehead atoms. The number of nitrogens with zero attached hydrogens (tertiary/aromatic N) is 3. The molecule has 0 aliphatic heterocycles. The number of aryl methyl sites for hydroxylation is 2. The van der Waals surface area contributed by atoms with E-state index in [-0.39, 0.29) is 5.41 Å². The Kier molecular flexibility index (Phi) is 8.84. The van der Waals surface area contributed by atoms with Crippen LogP contribution >= 0.6 is 0 Å². The SMILES string of the molecule is Cc1ccccc1-c1ccc2c(c1C)C(c1ccccc1)(c1ccccc1)c1ccccc1-2.Cc1nc(-c2ccccc2)nc(-c2ccccc2)n1. The normalized spacial score (nSPS) is 12.3. The summed E-state index contributed by atoms with van der Waals surface area (Å²) in [6.07, 6.45) is 0. The molecule has 1 aliphatic rings. The quantitative estimate of drug-likeness (QED) is 0.183. The average molecular weight is 670 g/mol. The molecule has 52 heavy (non-hydrogen) atoms. The van der Waals surface area contributed by atoms with E-state index in [2.05, 4.69) is 150 Å². The van der Waals surface area contributed by atoms with Gasteiger partial charge in [-0.15, -0.1) is 0 Å². The molecule has 3 heteroatoms. The van der Waals surface area contributed by atoms with Crippen LogP contribution in [0.25, 0.3) is 45.0 Å². The zero-order valence-corrected chi connectivity index (χ0v) is 29.7. The lowest BCUT2D eigenvalue weighted by molar-refractivity contribution is 0.762. The minimum Gasteiger partial charge on any atom is -0.213 e. The van der Waals surface area contributed by atoms with Gasteiger partial charge in [-0.1, -0.05) is 182 Å². The predicted octanol–water partition coefficient (Wildman–Crippen LogP) is 11.8. The first kappa shape index (κ1) is 32.7. The van der Waals surface area contributed by atoms with Gasteiger partial charge in [0.15, 0.2) is 11.6 Å². The zero-order chi connectivity index (χ0) is 35.5. The molecular formula is C49H39N3. The van der Waals surface area contributed by atoms with E-state index in [0.29, 0.717) is 11.6 Å². The summed E-state index contributed by atoms with van der Waals surface area (Å²) in [5, 5.41) is 0. The first-order chi connectivity index (χ1) is 25.6. The Morgan fingerprint density at radius 3 is 1.35 bits per heavy atom. The summed E-state index contributed by atoms with van der Waals surface area (Å²) in [7, 11) is 0. The molecule has 1 aromatic heterocycles. The first-order valence-corrected chi connectivity index (χ1v) is 17.8. The standard InChI is InChI=1S/C33H26.C16H13N3/c1-23-13-9-10-18-27(23)28-21-22-30-29-19-11-12-20-31(29)33(32(30)24(28)2,25-14-5-3-6-15-25)26-16-7-4-8-17-26;1-12-17-15(13-8-4-2-5-9-13)19-16(18-12)14-10-6-3-7-11-14/h3-22H,1-2H3;2-11H,1H3. The molecule has 0 N–H and O–H groups in total. The fourth-order valence-corrected chi connectivity index (χ4v) is 7.82. The molecule has 0 saturated heterocycles. The highest BCUT2D eigenvalue weighted by Crippen LogP contribution is 2.58. The van der Waals surface area contributed by atoms with Crippen LogP contribution in [0.5, 0.6) is 0 Å². The zero-order valence-electron chi connectivity index (χ0n) is 29.7. The van der Waals surface area contributed by atoms with Crippen molar-refractivity contribution in [2.75, 3.05) is 0 Å². The lowest BCUT2D eigenvalue weighted by Crippen LogP contribution is -2.29. The Hall–Kier alpha value is -6.45. The maximum Gasteiger partial charge on any atom is 0.163 e. The summed E-state index contributed by atoms with van der Waals surface area (Å²) in [4.78, 5) is 13.4. The van der Waals surface area contributed by atoms with Crippen LogP contribution in [-0.4, -0.2) is 15.0 Å². The topological polar surface area (TPSA) is 38.7 Å². The molecule has 0 unspecified atom stereocenters. The number of benzene rings is 7. The van der Waals surface area contributed by atoms with Crippen molar-refractivity contribution in [2.24, 2.45) is 0 Å². The molecule has 0 saturated carbocycles. The highest BCUT2D eigenvalue weighted by molar-refractivity contribution is 5.90. The highest BCUT2D eigenvalue weighted by atomic mass is 15.0. The van der Waals surface area contributed by atoms with Crippen LogP contribution in [0.3, 0.4) is 0 Å². The van der Waals surface area contributed by atoms with E-state index in [4.69, 9.17) is 0 Å². The van der Waals surface area contributed by atoms with E-state index in [1.54, 1.807) is 0 Å². The van der Waals surface area contributed by atoms with Crippen molar-refractivity contribution in [3.63, 3.8) is 0 Å². The maximum absolute atomic E-state index is 4.55. The monoisotopic (exact) mass is 669 g/mol. The highest BCUT2D eigenvalue weighted by Gasteiger charge is 2.47. The van der Waals surface area contributed by atoms with Crippen LogP contribution in [-0.2, 0) is 5.41 Å². The van der Waals surface area contributed by atoms with Crippen LogP contribution in [0.1, 0.15) is 39.2 Å². The Balaban J connectivity index is 0.000000173. The van der Waals surface area contributed by atoms with Crippen LogP contribution in [0.15, 0.2) is 182 Å². The molecular weight excluding hydrogens is 631 g/mol. The Labute approximate surface area is 306 Å². The van der Waals surface area contributed by atoms with Crippen LogP contribution in [0.4, 0.5) is 0 Å². The van der Waals surface area contributed by atoms with Gasteiger partial charge >= 0.3 is 0 Å². The summed E-state index contributed by atoms with van der Waals surface area (Å²) >= 11 is 0. The number of aromatic nitrogens is 3. The molecule has 1 aliphatic carbocycles. The second-order valence-electron chi connectivity index (χ2n) is 13.3. The van der Waals surface area contributed by atoms with E-state index in [9.17, 15) is 0 Å². The second kappa shape index (κ2) is 14.0. The number of hydrogen-bond donors (Lipinski definition) is 0. The van der Waals surface area contributed by atoms with Crippen molar-refractivity contribution < 1.29 is 0 Å². The number of hydrogen-bond acceptors (Lipinski definition) is 3. The summed E-state index contributed by atoms with van der Waals surface area (Å²) in [5.41, 5.74) is 15.0. The van der Waals surface area contributed by atoms with E-state index >= 15 is 0 Å². The van der Waals surface area contributed by atoms with Crippen LogP contribution in [0.2, 0.25) is 0 Å². The Morgan fingerprint density at radius 2 is 0.808 bits per heavy atom. The summed E-state index contributed by atoms with van der Waals surface area (Å²) in [6, 6.07) is 64.3. The van der Waals surface area contributed by atoms with Gasteiger partial charge in [-0.3, -0.25) is 0 Å². The van der Waals surface area contributed by atoms with Gasteiger partial charge in [-0.25, -0.2) is 15.0 Å². The fraction of sp³-hybridized carbons (Fsp3) is 0.0816. The fourth-order valence-electron chi connectivity index (χ4n) is 7.82. The van der Waals surface area contributed by atoms with Crippen molar-refractivity contribution in [3.8, 4) is 45.0 Å². The third kappa shape index (κ3) is 5.80. The molecule has 250 valence electrons. The molecule has 8 aromatic rings. The van der Waals surface area contributed by atoms with Gasteiger partial charge in [0.05, 0.1) is 5.41 Å². The minimum absolute atomic E-state index is 0.350. The van der Waals surface area contributed by atoms with Gasteiger partial charge in [0.1, 0.15) is 5.82 Å². The van der Waals surface area contributed by atoms with Crippen molar-refractivity contribution in [3.05, 3.63) is 221 Å². The summed E-state index contributed by atoms with van der Waals surface area (Å²) in [5.74, 6) is 2.16. The molecule has 0 atom stereocenters. The predicted molar refractivity (Wildman–Crippen MR) is 214 cm³/mol. The largest absolute Gasteiger partial charge is 0.213 e.